The maximum atomic E-state index is 13.2. The van der Waals surface area contributed by atoms with Crippen LogP contribution in [-0.2, 0) is 32.6 Å². The summed E-state index contributed by atoms with van der Waals surface area (Å²) in [6.45, 7) is 26.5. The van der Waals surface area contributed by atoms with Gasteiger partial charge in [0.15, 0.2) is 0 Å². The summed E-state index contributed by atoms with van der Waals surface area (Å²) < 4.78 is 25.4. The van der Waals surface area contributed by atoms with E-state index in [1.807, 2.05) is 0 Å². The topological polar surface area (TPSA) is 35.5 Å². The molecule has 4 heteroatoms. The van der Waals surface area contributed by atoms with E-state index in [1.54, 1.807) is 0 Å². The first-order valence-electron chi connectivity index (χ1n) is 12.0. The van der Waals surface area contributed by atoms with Crippen LogP contribution in [0.5, 0.6) is 11.5 Å². The van der Waals surface area contributed by atoms with Crippen molar-refractivity contribution in [2.24, 2.45) is 0 Å². The molecule has 0 bridgehead atoms. The summed E-state index contributed by atoms with van der Waals surface area (Å²) in [5.74, 6) is 1.45. The van der Waals surface area contributed by atoms with Crippen molar-refractivity contribution in [1.29, 1.82) is 0 Å². The first kappa shape index (κ1) is 25.9. The normalized spacial score (nSPS) is 15.6. The Morgan fingerprint density at radius 3 is 1.18 bits per heavy atom. The summed E-state index contributed by atoms with van der Waals surface area (Å²) in [7, 11) is -2.78. The van der Waals surface area contributed by atoms with Crippen LogP contribution in [0.3, 0.4) is 0 Å². The average Bonchev–Trinajstić information content (AvgIpc) is 2.58. The first-order chi connectivity index (χ1) is 14.8. The summed E-state index contributed by atoms with van der Waals surface area (Å²) in [5.41, 5.74) is 6.54. The molecule has 33 heavy (non-hydrogen) atoms. The molecule has 1 aliphatic rings. The van der Waals surface area contributed by atoms with Gasteiger partial charge in [0.25, 0.3) is 0 Å². The zero-order chi connectivity index (χ0) is 25.1. The van der Waals surface area contributed by atoms with Crippen molar-refractivity contribution < 1.29 is 13.6 Å². The Hall–Kier alpha value is -1.73. The number of hydrogen-bond acceptors (Lipinski definition) is 3. The number of benzene rings is 2. The minimum atomic E-state index is -2.78. The predicted molar refractivity (Wildman–Crippen MR) is 141 cm³/mol. The monoisotopic (exact) mass is 470 g/mol. The molecule has 0 aliphatic carbocycles. The van der Waals surface area contributed by atoms with Crippen molar-refractivity contribution in [2.75, 3.05) is 0 Å². The van der Waals surface area contributed by atoms with E-state index in [4.69, 9.17) is 9.05 Å². The predicted octanol–water partition coefficient (Wildman–Crippen LogP) is 8.63. The Labute approximate surface area is 202 Å². The molecule has 0 atom stereocenters. The van der Waals surface area contributed by atoms with Gasteiger partial charge in [0.1, 0.15) is 11.5 Å². The molecule has 0 amide bonds. The SMILES string of the molecule is CC(C)(C)c1cc2c(c(C(C)(C)C)c1)O[PH](=O)Oc1c(cc(C(C)(C)C)cc1C(C)(C)C)C2. The smallest absolute Gasteiger partial charge is 0.417 e. The van der Waals surface area contributed by atoms with Gasteiger partial charge in [0.05, 0.1) is 0 Å². The highest BCUT2D eigenvalue weighted by molar-refractivity contribution is 7.34. The van der Waals surface area contributed by atoms with Gasteiger partial charge in [-0.3, -0.25) is 0 Å². The summed E-state index contributed by atoms with van der Waals surface area (Å²) >= 11 is 0. The molecule has 0 unspecified atom stereocenters. The van der Waals surface area contributed by atoms with E-state index < -0.39 is 8.25 Å². The van der Waals surface area contributed by atoms with Crippen LogP contribution in [0.1, 0.15) is 116 Å². The Balaban J connectivity index is 2.38. The molecule has 0 spiro atoms. The highest BCUT2D eigenvalue weighted by Crippen LogP contribution is 2.49. The van der Waals surface area contributed by atoms with Crippen LogP contribution >= 0.6 is 8.25 Å². The van der Waals surface area contributed by atoms with E-state index in [2.05, 4.69) is 107 Å². The highest BCUT2D eigenvalue weighted by atomic mass is 31.1. The molecule has 0 saturated carbocycles. The standard InChI is InChI=1S/C29H43O3P/c1-26(2,3)20-14-18-13-19-15-21(27(4,5)6)17-23(29(10,11)12)25(19)32-33(30)31-24(18)22(16-20)28(7,8)9/h14-17,33H,13H2,1-12H3. The average molecular weight is 471 g/mol. The Bertz CT molecular complexity index is 999. The minimum Gasteiger partial charge on any atom is -0.417 e. The second-order valence-corrected chi connectivity index (χ2v) is 14.6. The van der Waals surface area contributed by atoms with Crippen LogP contribution in [0.2, 0.25) is 0 Å². The van der Waals surface area contributed by atoms with E-state index in [0.717, 1.165) is 33.8 Å². The molecule has 1 heterocycles. The second-order valence-electron chi connectivity index (χ2n) is 13.7. The maximum Gasteiger partial charge on any atom is 0.419 e. The molecule has 0 fully saturated rings. The summed E-state index contributed by atoms with van der Waals surface area (Å²) in [4.78, 5) is 0. The molecule has 3 nitrogen and oxygen atoms in total. The lowest BCUT2D eigenvalue weighted by molar-refractivity contribution is 0.394. The molecule has 0 saturated heterocycles. The third-order valence-electron chi connectivity index (χ3n) is 6.43. The highest BCUT2D eigenvalue weighted by Gasteiger charge is 2.32. The van der Waals surface area contributed by atoms with Crippen LogP contribution in [0.4, 0.5) is 0 Å². The fourth-order valence-electron chi connectivity index (χ4n) is 4.25. The Morgan fingerprint density at radius 2 is 0.909 bits per heavy atom. The fourth-order valence-corrected chi connectivity index (χ4v) is 5.11. The number of fused-ring (bicyclic) bond motifs is 2. The van der Waals surface area contributed by atoms with Crippen LogP contribution < -0.4 is 9.05 Å². The van der Waals surface area contributed by atoms with Gasteiger partial charge in [0.2, 0.25) is 0 Å². The van der Waals surface area contributed by atoms with Gasteiger partial charge in [-0.25, -0.2) is 4.57 Å². The van der Waals surface area contributed by atoms with E-state index >= 15 is 0 Å². The third kappa shape index (κ3) is 5.51. The Morgan fingerprint density at radius 1 is 0.576 bits per heavy atom. The minimum absolute atomic E-state index is 0.00813. The lowest BCUT2D eigenvalue weighted by Gasteiger charge is -2.33. The molecule has 182 valence electrons. The van der Waals surface area contributed by atoms with Crippen molar-refractivity contribution in [3.63, 3.8) is 0 Å². The van der Waals surface area contributed by atoms with Gasteiger partial charge in [0, 0.05) is 17.5 Å². The van der Waals surface area contributed by atoms with Crippen molar-refractivity contribution in [3.8, 4) is 11.5 Å². The van der Waals surface area contributed by atoms with Crippen LogP contribution in [0, 0.1) is 0 Å². The molecule has 2 aromatic carbocycles. The van der Waals surface area contributed by atoms with Gasteiger partial charge >= 0.3 is 8.25 Å². The molecular weight excluding hydrogens is 427 g/mol. The van der Waals surface area contributed by atoms with Gasteiger partial charge in [-0.1, -0.05) is 107 Å². The maximum absolute atomic E-state index is 13.2. The van der Waals surface area contributed by atoms with Gasteiger partial charge in [-0.15, -0.1) is 0 Å². The van der Waals surface area contributed by atoms with Crippen LogP contribution in [0.25, 0.3) is 0 Å². The third-order valence-corrected chi connectivity index (χ3v) is 7.17. The van der Waals surface area contributed by atoms with Gasteiger partial charge in [-0.05, 0) is 43.9 Å². The summed E-state index contributed by atoms with van der Waals surface area (Å²) in [6, 6.07) is 8.94. The molecule has 0 N–H and O–H groups in total. The largest absolute Gasteiger partial charge is 0.419 e. The van der Waals surface area contributed by atoms with E-state index in [9.17, 15) is 4.57 Å². The van der Waals surface area contributed by atoms with Crippen LogP contribution in [0.15, 0.2) is 24.3 Å². The van der Waals surface area contributed by atoms with Gasteiger partial charge in [-0.2, -0.15) is 0 Å². The van der Waals surface area contributed by atoms with Crippen molar-refractivity contribution in [1.82, 2.24) is 0 Å². The van der Waals surface area contributed by atoms with Crippen LogP contribution in [-0.4, -0.2) is 0 Å². The molecule has 0 aromatic heterocycles. The van der Waals surface area contributed by atoms with E-state index in [1.165, 1.54) is 11.1 Å². The lowest BCUT2D eigenvalue weighted by atomic mass is 9.76. The van der Waals surface area contributed by atoms with Crippen molar-refractivity contribution >= 4 is 8.25 Å². The fraction of sp³-hybridized carbons (Fsp3) is 0.586. The lowest BCUT2D eigenvalue weighted by Crippen LogP contribution is -2.21. The van der Waals surface area contributed by atoms with E-state index in [-0.39, 0.29) is 21.7 Å². The zero-order valence-corrected chi connectivity index (χ0v) is 23.7. The first-order valence-corrected chi connectivity index (χ1v) is 13.3. The van der Waals surface area contributed by atoms with E-state index in [0.29, 0.717) is 6.42 Å². The van der Waals surface area contributed by atoms with Crippen molar-refractivity contribution in [2.45, 2.75) is 111 Å². The second kappa shape index (κ2) is 8.19. The molecule has 2 aromatic rings. The summed E-state index contributed by atoms with van der Waals surface area (Å²) in [6.07, 6.45) is 0.680. The Kier molecular flexibility index (Phi) is 6.42. The molecule has 1 aliphatic heterocycles. The van der Waals surface area contributed by atoms with Gasteiger partial charge < -0.3 is 9.05 Å². The zero-order valence-electron chi connectivity index (χ0n) is 22.7. The molecule has 3 rings (SSSR count). The number of hydrogen-bond donors (Lipinski definition) is 0. The number of rotatable bonds is 0. The molecular formula is C29H43O3P. The quantitative estimate of drug-likeness (QED) is 0.362. The molecule has 0 radical (unpaired) electrons. The summed E-state index contributed by atoms with van der Waals surface area (Å²) in [5, 5.41) is 0. The van der Waals surface area contributed by atoms with Crippen molar-refractivity contribution in [3.05, 3.63) is 57.6 Å².